The second kappa shape index (κ2) is 6.91. The van der Waals surface area contributed by atoms with Crippen molar-refractivity contribution in [2.24, 2.45) is 0 Å². The average Bonchev–Trinajstić information content (AvgIpc) is 2.55. The van der Waals surface area contributed by atoms with Gasteiger partial charge in [-0.1, -0.05) is 41.4 Å². The largest absolute Gasteiger partial charge is 0.310 e. The third-order valence-electron chi connectivity index (χ3n) is 4.46. The third-order valence-corrected chi connectivity index (χ3v) is 4.75. The molecule has 1 aliphatic heterocycles. The van der Waals surface area contributed by atoms with E-state index in [0.717, 1.165) is 13.1 Å². The zero-order chi connectivity index (χ0) is 17.3. The number of halogens is 2. The second-order valence-electron chi connectivity index (χ2n) is 6.22. The first kappa shape index (κ1) is 16.9. The van der Waals surface area contributed by atoms with Crippen LogP contribution < -0.4 is 4.90 Å². The van der Waals surface area contributed by atoms with E-state index in [1.165, 1.54) is 23.3 Å². The Balaban J connectivity index is 1.74. The van der Waals surface area contributed by atoms with E-state index in [-0.39, 0.29) is 17.0 Å². The number of hydrogen-bond acceptors (Lipinski definition) is 2. The monoisotopic (exact) mass is 346 g/mol. The molecule has 0 bridgehead atoms. The molecule has 3 rings (SSSR count). The fraction of sp³-hybridized carbons (Fsp3) is 0.316. The second-order valence-corrected chi connectivity index (χ2v) is 6.63. The van der Waals surface area contributed by atoms with Crippen molar-refractivity contribution in [2.75, 3.05) is 18.0 Å². The van der Waals surface area contributed by atoms with Gasteiger partial charge in [0.25, 0.3) is 0 Å². The maximum Gasteiger partial charge on any atom is 0.244 e. The molecule has 24 heavy (non-hydrogen) atoms. The van der Waals surface area contributed by atoms with Gasteiger partial charge in [0.1, 0.15) is 5.82 Å². The summed E-state index contributed by atoms with van der Waals surface area (Å²) < 4.78 is 13.3. The molecule has 2 aromatic carbocycles. The Hall–Kier alpha value is -1.91. The molecule has 0 spiro atoms. The van der Waals surface area contributed by atoms with Crippen molar-refractivity contribution in [1.82, 2.24) is 4.90 Å². The van der Waals surface area contributed by atoms with E-state index in [1.54, 1.807) is 11.0 Å². The molecule has 0 aliphatic carbocycles. The van der Waals surface area contributed by atoms with Gasteiger partial charge in [-0.15, -0.1) is 0 Å². The summed E-state index contributed by atoms with van der Waals surface area (Å²) in [5.74, 6) is -0.462. The minimum atomic E-state index is -0.473. The average molecular weight is 347 g/mol. The molecular weight excluding hydrogens is 327 g/mol. The predicted octanol–water partition coefficient (Wildman–Crippen LogP) is 4.02. The Bertz CT molecular complexity index is 765. The highest BCUT2D eigenvalue weighted by Crippen LogP contribution is 2.26. The molecule has 126 valence electrons. The number of amides is 1. The summed E-state index contributed by atoms with van der Waals surface area (Å²) in [5.41, 5.74) is 3.06. The fourth-order valence-electron chi connectivity index (χ4n) is 3.08. The van der Waals surface area contributed by atoms with Crippen LogP contribution in [-0.4, -0.2) is 29.9 Å². The van der Waals surface area contributed by atoms with E-state index in [9.17, 15) is 9.18 Å². The third kappa shape index (κ3) is 3.45. The summed E-state index contributed by atoms with van der Waals surface area (Å²) in [6.45, 7) is 6.04. The number of carbonyl (C=O) groups is 1. The Morgan fingerprint density at radius 3 is 2.71 bits per heavy atom. The fourth-order valence-corrected chi connectivity index (χ4v) is 3.26. The molecule has 2 aromatic rings. The van der Waals surface area contributed by atoms with Crippen molar-refractivity contribution in [2.45, 2.75) is 26.4 Å². The topological polar surface area (TPSA) is 23.6 Å². The molecule has 1 atom stereocenters. The van der Waals surface area contributed by atoms with Crippen molar-refractivity contribution >= 4 is 23.2 Å². The normalized spacial score (nSPS) is 18.9. The number of piperazine rings is 1. The lowest BCUT2D eigenvalue weighted by Crippen LogP contribution is -2.55. The highest BCUT2D eigenvalue weighted by atomic mass is 35.5. The Morgan fingerprint density at radius 2 is 2.00 bits per heavy atom. The van der Waals surface area contributed by atoms with Crippen molar-refractivity contribution in [3.63, 3.8) is 0 Å². The molecule has 3 nitrogen and oxygen atoms in total. The van der Waals surface area contributed by atoms with Crippen LogP contribution in [0.4, 0.5) is 10.1 Å². The number of hydrogen-bond donors (Lipinski definition) is 0. The SMILES string of the molecule is Cc1cccc(CN2CCN(c3ccc(F)c(Cl)c3)C(=O)[C@@H]2C)c1. The minimum absolute atomic E-state index is 0.0107. The van der Waals surface area contributed by atoms with Crippen molar-refractivity contribution < 1.29 is 9.18 Å². The molecule has 0 aromatic heterocycles. The van der Waals surface area contributed by atoms with Crippen LogP contribution in [0, 0.1) is 12.7 Å². The van der Waals surface area contributed by atoms with Gasteiger partial charge in [0.05, 0.1) is 11.1 Å². The summed E-state index contributed by atoms with van der Waals surface area (Å²) >= 11 is 5.84. The van der Waals surface area contributed by atoms with Crippen LogP contribution in [0.2, 0.25) is 5.02 Å². The van der Waals surface area contributed by atoms with E-state index >= 15 is 0 Å². The lowest BCUT2D eigenvalue weighted by atomic mass is 10.1. The van der Waals surface area contributed by atoms with E-state index in [4.69, 9.17) is 11.6 Å². The number of rotatable bonds is 3. The van der Waals surface area contributed by atoms with Gasteiger partial charge < -0.3 is 4.90 Å². The number of carbonyl (C=O) groups excluding carboxylic acids is 1. The maximum absolute atomic E-state index is 13.3. The van der Waals surface area contributed by atoms with E-state index in [1.807, 2.05) is 13.0 Å². The maximum atomic E-state index is 13.3. The first-order valence-corrected chi connectivity index (χ1v) is 8.39. The molecule has 1 fully saturated rings. The number of nitrogens with zero attached hydrogens (tertiary/aromatic N) is 2. The van der Waals surface area contributed by atoms with Gasteiger partial charge in [0.2, 0.25) is 5.91 Å². The zero-order valence-corrected chi connectivity index (χ0v) is 14.6. The molecule has 5 heteroatoms. The molecule has 0 N–H and O–H groups in total. The Kier molecular flexibility index (Phi) is 4.88. The molecule has 0 saturated carbocycles. The molecule has 1 amide bonds. The van der Waals surface area contributed by atoms with Crippen molar-refractivity contribution in [3.8, 4) is 0 Å². The smallest absolute Gasteiger partial charge is 0.244 e. The summed E-state index contributed by atoms with van der Waals surface area (Å²) in [6.07, 6.45) is 0. The van der Waals surface area contributed by atoms with E-state index < -0.39 is 5.82 Å². The van der Waals surface area contributed by atoms with E-state index in [2.05, 4.69) is 30.0 Å². The summed E-state index contributed by atoms with van der Waals surface area (Å²) in [4.78, 5) is 16.6. The van der Waals surface area contributed by atoms with Crippen molar-refractivity contribution in [1.29, 1.82) is 0 Å². The van der Waals surface area contributed by atoms with Crippen LogP contribution in [0.25, 0.3) is 0 Å². The molecule has 1 heterocycles. The zero-order valence-electron chi connectivity index (χ0n) is 13.8. The Labute approximate surface area is 146 Å². The van der Waals surface area contributed by atoms with Crippen LogP contribution in [0.1, 0.15) is 18.1 Å². The lowest BCUT2D eigenvalue weighted by Gasteiger charge is -2.39. The van der Waals surface area contributed by atoms with E-state index in [0.29, 0.717) is 12.2 Å². The standard InChI is InChI=1S/C19H20ClFN2O/c1-13-4-3-5-15(10-13)12-22-8-9-23(19(24)14(22)2)16-6-7-18(21)17(20)11-16/h3-7,10-11,14H,8-9,12H2,1-2H3/t14-/m0/s1. The van der Waals surface area contributed by atoms with Gasteiger partial charge in [0, 0.05) is 25.3 Å². The highest BCUT2D eigenvalue weighted by Gasteiger charge is 2.32. The Morgan fingerprint density at radius 1 is 1.21 bits per heavy atom. The van der Waals surface area contributed by atoms with Gasteiger partial charge in [-0.2, -0.15) is 0 Å². The quantitative estimate of drug-likeness (QED) is 0.838. The van der Waals surface area contributed by atoms with Crippen LogP contribution >= 0.6 is 11.6 Å². The number of anilines is 1. The van der Waals surface area contributed by atoms with Gasteiger partial charge >= 0.3 is 0 Å². The summed E-state index contributed by atoms with van der Waals surface area (Å²) in [7, 11) is 0. The first-order valence-electron chi connectivity index (χ1n) is 8.02. The van der Waals surface area contributed by atoms with Crippen molar-refractivity contribution in [3.05, 3.63) is 64.4 Å². The van der Waals surface area contributed by atoms with Crippen LogP contribution in [-0.2, 0) is 11.3 Å². The first-order chi connectivity index (χ1) is 11.5. The lowest BCUT2D eigenvalue weighted by molar-refractivity contribution is -0.125. The summed E-state index contributed by atoms with van der Waals surface area (Å²) in [5, 5.41) is 0.0372. The number of aryl methyl sites for hydroxylation is 1. The molecule has 0 radical (unpaired) electrons. The summed E-state index contributed by atoms with van der Waals surface area (Å²) in [6, 6.07) is 12.5. The van der Waals surface area contributed by atoms with Crippen LogP contribution in [0.15, 0.2) is 42.5 Å². The van der Waals surface area contributed by atoms with Crippen LogP contribution in [0.5, 0.6) is 0 Å². The predicted molar refractivity (Wildman–Crippen MR) is 94.8 cm³/mol. The van der Waals surface area contributed by atoms with Gasteiger partial charge in [-0.25, -0.2) is 4.39 Å². The molecule has 1 aliphatic rings. The molecular formula is C19H20ClFN2O. The van der Waals surface area contributed by atoms with Crippen LogP contribution in [0.3, 0.4) is 0 Å². The van der Waals surface area contributed by atoms with Gasteiger partial charge in [-0.05, 0) is 37.6 Å². The number of benzene rings is 2. The highest BCUT2D eigenvalue weighted by molar-refractivity contribution is 6.31. The van der Waals surface area contributed by atoms with Gasteiger partial charge in [-0.3, -0.25) is 9.69 Å². The molecule has 0 unspecified atom stereocenters. The minimum Gasteiger partial charge on any atom is -0.310 e. The molecule has 1 saturated heterocycles. The van der Waals surface area contributed by atoms with Gasteiger partial charge in [0.15, 0.2) is 0 Å².